The Morgan fingerprint density at radius 2 is 1.86 bits per heavy atom. The number of imidazole rings is 1. The third-order valence-electron chi connectivity index (χ3n) is 3.38. The van der Waals surface area contributed by atoms with Gasteiger partial charge in [-0.1, -0.05) is 24.3 Å². The highest BCUT2D eigenvalue weighted by molar-refractivity contribution is 5.41. The van der Waals surface area contributed by atoms with Gasteiger partial charge in [-0.15, -0.1) is 0 Å². The molecule has 0 aliphatic rings. The summed E-state index contributed by atoms with van der Waals surface area (Å²) in [5.41, 5.74) is 8.73. The number of hydrogen-bond donors (Lipinski definition) is 1. The number of aromatic nitrogens is 2. The first-order chi connectivity index (χ1) is 10.2. The van der Waals surface area contributed by atoms with Crippen LogP contribution in [-0.2, 0) is 13.0 Å². The fourth-order valence-electron chi connectivity index (χ4n) is 2.32. The Kier molecular flexibility index (Phi) is 3.69. The lowest BCUT2D eigenvalue weighted by atomic mass is 10.1. The number of nitrogen functional groups attached to an aromatic ring is 1. The van der Waals surface area contributed by atoms with Crippen LogP contribution in [-0.4, -0.2) is 9.55 Å². The molecule has 0 unspecified atom stereocenters. The number of nitrogens with two attached hydrogens (primary N) is 1. The van der Waals surface area contributed by atoms with E-state index < -0.39 is 0 Å². The van der Waals surface area contributed by atoms with E-state index in [4.69, 9.17) is 5.73 Å². The molecule has 3 nitrogen and oxygen atoms in total. The van der Waals surface area contributed by atoms with Crippen molar-refractivity contribution in [1.29, 1.82) is 0 Å². The molecule has 2 N–H and O–H groups in total. The number of nitrogens with zero attached hydrogens (tertiary/aromatic N) is 2. The molecule has 0 saturated heterocycles. The van der Waals surface area contributed by atoms with Gasteiger partial charge in [-0.2, -0.15) is 0 Å². The molecule has 0 fully saturated rings. The molecule has 0 spiro atoms. The standard InChI is InChI=1S/C17H16FN3/c18-15-6-4-13(5-7-15)12-21-9-8-20-17(21)11-14-2-1-3-16(19)10-14/h1-10H,11-12,19H2. The number of anilines is 1. The molecule has 21 heavy (non-hydrogen) atoms. The van der Waals surface area contributed by atoms with Gasteiger partial charge in [0.25, 0.3) is 0 Å². The predicted molar refractivity (Wildman–Crippen MR) is 81.4 cm³/mol. The third-order valence-corrected chi connectivity index (χ3v) is 3.38. The lowest BCUT2D eigenvalue weighted by Crippen LogP contribution is -2.05. The van der Waals surface area contributed by atoms with Gasteiger partial charge in [0.1, 0.15) is 11.6 Å². The summed E-state index contributed by atoms with van der Waals surface area (Å²) >= 11 is 0. The van der Waals surface area contributed by atoms with E-state index >= 15 is 0 Å². The van der Waals surface area contributed by atoms with Crippen LogP contribution < -0.4 is 5.73 Å². The largest absolute Gasteiger partial charge is 0.399 e. The molecule has 0 aliphatic carbocycles. The lowest BCUT2D eigenvalue weighted by Gasteiger charge is -2.08. The highest BCUT2D eigenvalue weighted by Crippen LogP contribution is 2.13. The second-order valence-corrected chi connectivity index (χ2v) is 5.02. The molecule has 4 heteroatoms. The van der Waals surface area contributed by atoms with Crippen molar-refractivity contribution in [3.05, 3.63) is 83.7 Å². The fourth-order valence-corrected chi connectivity index (χ4v) is 2.32. The van der Waals surface area contributed by atoms with E-state index in [0.29, 0.717) is 6.54 Å². The molecule has 3 rings (SSSR count). The molecule has 3 aromatic rings. The number of rotatable bonds is 4. The normalized spacial score (nSPS) is 10.7. The van der Waals surface area contributed by atoms with Crippen LogP contribution in [0.15, 0.2) is 60.9 Å². The van der Waals surface area contributed by atoms with E-state index in [1.165, 1.54) is 12.1 Å². The maximum absolute atomic E-state index is 12.9. The van der Waals surface area contributed by atoms with Gasteiger partial charge in [0.2, 0.25) is 0 Å². The highest BCUT2D eigenvalue weighted by Gasteiger charge is 2.05. The Labute approximate surface area is 122 Å². The van der Waals surface area contributed by atoms with Gasteiger partial charge in [-0.25, -0.2) is 9.37 Å². The van der Waals surface area contributed by atoms with Gasteiger partial charge in [-0.3, -0.25) is 0 Å². The minimum atomic E-state index is -0.218. The Hall–Kier alpha value is -2.62. The summed E-state index contributed by atoms with van der Waals surface area (Å²) in [7, 11) is 0. The first-order valence-electron chi connectivity index (χ1n) is 6.79. The molecule has 106 valence electrons. The van der Waals surface area contributed by atoms with Crippen LogP contribution in [0.25, 0.3) is 0 Å². The summed E-state index contributed by atoms with van der Waals surface area (Å²) in [5, 5.41) is 0. The topological polar surface area (TPSA) is 43.8 Å². The molecular weight excluding hydrogens is 265 g/mol. The zero-order valence-electron chi connectivity index (χ0n) is 11.5. The van der Waals surface area contributed by atoms with Gasteiger partial charge in [0.05, 0.1) is 0 Å². The average Bonchev–Trinajstić information content (AvgIpc) is 2.89. The monoisotopic (exact) mass is 281 g/mol. The molecule has 0 atom stereocenters. The van der Waals surface area contributed by atoms with Crippen LogP contribution in [0.1, 0.15) is 17.0 Å². The first-order valence-corrected chi connectivity index (χ1v) is 6.79. The van der Waals surface area contributed by atoms with Crippen LogP contribution in [0.5, 0.6) is 0 Å². The third kappa shape index (κ3) is 3.28. The van der Waals surface area contributed by atoms with Crippen LogP contribution in [0.4, 0.5) is 10.1 Å². The molecule has 1 aromatic heterocycles. The quantitative estimate of drug-likeness (QED) is 0.746. The molecule has 2 aromatic carbocycles. The van der Waals surface area contributed by atoms with Crippen molar-refractivity contribution >= 4 is 5.69 Å². The van der Waals surface area contributed by atoms with Crippen molar-refractivity contribution in [2.24, 2.45) is 0 Å². The number of benzene rings is 2. The van der Waals surface area contributed by atoms with E-state index in [1.54, 1.807) is 18.3 Å². The zero-order valence-corrected chi connectivity index (χ0v) is 11.5. The second-order valence-electron chi connectivity index (χ2n) is 5.02. The van der Waals surface area contributed by atoms with Gasteiger partial charge in [-0.05, 0) is 35.4 Å². The van der Waals surface area contributed by atoms with Gasteiger partial charge < -0.3 is 10.3 Å². The van der Waals surface area contributed by atoms with Crippen LogP contribution in [0.3, 0.4) is 0 Å². The van der Waals surface area contributed by atoms with Crippen molar-refractivity contribution in [3.8, 4) is 0 Å². The van der Waals surface area contributed by atoms with Crippen molar-refractivity contribution in [2.75, 3.05) is 5.73 Å². The van der Waals surface area contributed by atoms with Crippen LogP contribution in [0.2, 0.25) is 0 Å². The van der Waals surface area contributed by atoms with Crippen molar-refractivity contribution in [1.82, 2.24) is 9.55 Å². The molecule has 0 saturated carbocycles. The summed E-state index contributed by atoms with van der Waals surface area (Å²) in [5.74, 6) is 0.745. The molecule has 0 radical (unpaired) electrons. The smallest absolute Gasteiger partial charge is 0.123 e. The Balaban J connectivity index is 1.79. The highest BCUT2D eigenvalue weighted by atomic mass is 19.1. The van der Waals surface area contributed by atoms with E-state index in [9.17, 15) is 4.39 Å². The molecular formula is C17H16FN3. The van der Waals surface area contributed by atoms with E-state index in [0.717, 1.165) is 29.1 Å². The SMILES string of the molecule is Nc1cccc(Cc2nccn2Cc2ccc(F)cc2)c1. The van der Waals surface area contributed by atoms with Gasteiger partial charge in [0.15, 0.2) is 0 Å². The summed E-state index contributed by atoms with van der Waals surface area (Å²) in [6.07, 6.45) is 4.44. The predicted octanol–water partition coefficient (Wildman–Crippen LogP) is 3.24. The lowest BCUT2D eigenvalue weighted by molar-refractivity contribution is 0.626. The van der Waals surface area contributed by atoms with E-state index in [-0.39, 0.29) is 5.82 Å². The summed E-state index contributed by atoms with van der Waals surface area (Å²) in [6, 6.07) is 14.3. The number of halogens is 1. The maximum atomic E-state index is 12.9. The fraction of sp³-hybridized carbons (Fsp3) is 0.118. The van der Waals surface area contributed by atoms with Crippen LogP contribution >= 0.6 is 0 Å². The van der Waals surface area contributed by atoms with Gasteiger partial charge in [0, 0.05) is 31.0 Å². The Morgan fingerprint density at radius 3 is 2.62 bits per heavy atom. The summed E-state index contributed by atoms with van der Waals surface area (Å²) < 4.78 is 15.0. The van der Waals surface area contributed by atoms with E-state index in [2.05, 4.69) is 9.55 Å². The summed E-state index contributed by atoms with van der Waals surface area (Å²) in [6.45, 7) is 0.679. The minimum Gasteiger partial charge on any atom is -0.399 e. The second kappa shape index (κ2) is 5.79. The molecule has 0 amide bonds. The van der Waals surface area contributed by atoms with Crippen molar-refractivity contribution in [3.63, 3.8) is 0 Å². The summed E-state index contributed by atoms with van der Waals surface area (Å²) in [4.78, 5) is 4.40. The number of hydrogen-bond acceptors (Lipinski definition) is 2. The van der Waals surface area contributed by atoms with Gasteiger partial charge >= 0.3 is 0 Å². The van der Waals surface area contributed by atoms with Crippen molar-refractivity contribution in [2.45, 2.75) is 13.0 Å². The average molecular weight is 281 g/mol. The molecule has 0 aliphatic heterocycles. The molecule has 0 bridgehead atoms. The zero-order chi connectivity index (χ0) is 14.7. The Bertz CT molecular complexity index is 732. The first kappa shape index (κ1) is 13.4. The van der Waals surface area contributed by atoms with E-state index in [1.807, 2.05) is 30.5 Å². The Morgan fingerprint density at radius 1 is 1.05 bits per heavy atom. The van der Waals surface area contributed by atoms with Crippen molar-refractivity contribution < 1.29 is 4.39 Å². The van der Waals surface area contributed by atoms with Crippen LogP contribution in [0, 0.1) is 5.82 Å². The maximum Gasteiger partial charge on any atom is 0.123 e. The minimum absolute atomic E-state index is 0.218. The molecule has 1 heterocycles.